The largest absolute Gasteiger partial charge is 0.341 e. The van der Waals surface area contributed by atoms with Gasteiger partial charge >= 0.3 is 0 Å². The molecule has 1 amide bonds. The van der Waals surface area contributed by atoms with Crippen LogP contribution in [-0.4, -0.2) is 40.0 Å². The average Bonchev–Trinajstić information content (AvgIpc) is 2.85. The number of piperidine rings is 1. The molecule has 0 aromatic carbocycles. The summed E-state index contributed by atoms with van der Waals surface area (Å²) in [6.07, 6.45) is 7.23. The van der Waals surface area contributed by atoms with Crippen molar-refractivity contribution in [3.8, 4) is 0 Å². The van der Waals surface area contributed by atoms with Gasteiger partial charge in [-0.25, -0.2) is 4.98 Å². The van der Waals surface area contributed by atoms with Crippen LogP contribution in [0.5, 0.6) is 0 Å². The normalized spacial score (nSPS) is 15.9. The summed E-state index contributed by atoms with van der Waals surface area (Å²) in [6, 6.07) is 0. The quantitative estimate of drug-likeness (QED) is 0.848. The van der Waals surface area contributed by atoms with Crippen molar-refractivity contribution in [3.63, 3.8) is 0 Å². The maximum atomic E-state index is 12.1. The predicted octanol–water partition coefficient (Wildman–Crippen LogP) is 1.01. The summed E-state index contributed by atoms with van der Waals surface area (Å²) in [6.45, 7) is 6.01. The number of aromatic nitrogens is 2. The molecule has 1 N–H and O–H groups in total. The summed E-state index contributed by atoms with van der Waals surface area (Å²) in [7, 11) is 0. The zero-order valence-electron chi connectivity index (χ0n) is 11.1. The molecule has 100 valence electrons. The second-order valence-corrected chi connectivity index (χ2v) is 4.76. The van der Waals surface area contributed by atoms with Crippen LogP contribution in [0.25, 0.3) is 0 Å². The molecule has 0 atom stereocenters. The minimum absolute atomic E-state index is 0.210. The highest BCUT2D eigenvalue weighted by atomic mass is 16.2. The highest BCUT2D eigenvalue weighted by molar-refractivity contribution is 5.76. The third-order valence-electron chi connectivity index (χ3n) is 3.27. The molecule has 2 rings (SSSR count). The van der Waals surface area contributed by atoms with Crippen LogP contribution in [0, 0.1) is 0 Å². The molecule has 1 fully saturated rings. The van der Waals surface area contributed by atoms with E-state index in [-0.39, 0.29) is 5.91 Å². The van der Waals surface area contributed by atoms with Crippen molar-refractivity contribution in [3.05, 3.63) is 18.2 Å². The van der Waals surface area contributed by atoms with Gasteiger partial charge in [0.25, 0.3) is 0 Å². The highest BCUT2D eigenvalue weighted by Gasteiger charge is 2.16. The van der Waals surface area contributed by atoms with E-state index < -0.39 is 0 Å². The second-order valence-electron chi connectivity index (χ2n) is 4.76. The van der Waals surface area contributed by atoms with Crippen molar-refractivity contribution < 1.29 is 4.79 Å². The van der Waals surface area contributed by atoms with Gasteiger partial charge in [-0.3, -0.25) is 4.79 Å². The van der Waals surface area contributed by atoms with Gasteiger partial charge in [0.15, 0.2) is 0 Å². The monoisotopic (exact) mass is 250 g/mol. The van der Waals surface area contributed by atoms with Gasteiger partial charge in [-0.05, 0) is 25.8 Å². The number of carbonyl (C=O) groups excluding carboxylic acids is 1. The number of nitrogens with zero attached hydrogens (tertiary/aromatic N) is 3. The van der Waals surface area contributed by atoms with Crippen LogP contribution in [0.2, 0.25) is 0 Å². The zero-order valence-corrected chi connectivity index (χ0v) is 11.1. The van der Waals surface area contributed by atoms with Gasteiger partial charge in [0.05, 0.1) is 12.0 Å². The molecule has 5 nitrogen and oxygen atoms in total. The summed E-state index contributed by atoms with van der Waals surface area (Å²) < 4.78 is 1.88. The first-order chi connectivity index (χ1) is 8.79. The van der Waals surface area contributed by atoms with Crippen molar-refractivity contribution in [1.82, 2.24) is 19.8 Å². The smallest absolute Gasteiger partial charge is 0.242 e. The van der Waals surface area contributed by atoms with Gasteiger partial charge in [-0.15, -0.1) is 0 Å². The molecule has 1 aromatic heterocycles. The Hall–Kier alpha value is -1.36. The van der Waals surface area contributed by atoms with Crippen LogP contribution < -0.4 is 5.32 Å². The predicted molar refractivity (Wildman–Crippen MR) is 70.0 cm³/mol. The molecule has 0 bridgehead atoms. The molecular weight excluding hydrogens is 228 g/mol. The molecule has 0 radical (unpaired) electrons. The topological polar surface area (TPSA) is 50.2 Å². The maximum Gasteiger partial charge on any atom is 0.242 e. The molecule has 0 saturated carbocycles. The van der Waals surface area contributed by atoms with Crippen LogP contribution in [-0.2, 0) is 17.9 Å². The van der Waals surface area contributed by atoms with E-state index in [1.165, 1.54) is 6.42 Å². The Morgan fingerprint density at radius 3 is 2.89 bits per heavy atom. The Labute approximate surface area is 108 Å². The number of likely N-dealkylation sites (tertiary alicyclic amines) is 1. The summed E-state index contributed by atoms with van der Waals surface area (Å²) in [5.74, 6) is 0.210. The fourth-order valence-electron chi connectivity index (χ4n) is 2.24. The lowest BCUT2D eigenvalue weighted by Crippen LogP contribution is -2.37. The Balaban J connectivity index is 1.84. The average molecular weight is 250 g/mol. The first-order valence-electron chi connectivity index (χ1n) is 6.78. The van der Waals surface area contributed by atoms with E-state index in [9.17, 15) is 4.79 Å². The van der Waals surface area contributed by atoms with Gasteiger partial charge in [-0.2, -0.15) is 0 Å². The molecule has 5 heteroatoms. The summed E-state index contributed by atoms with van der Waals surface area (Å²) in [5.41, 5.74) is 0.989. The minimum atomic E-state index is 0.210. The summed E-state index contributed by atoms with van der Waals surface area (Å²) in [5, 5.41) is 3.22. The van der Waals surface area contributed by atoms with Gasteiger partial charge in [0.2, 0.25) is 5.91 Å². The van der Waals surface area contributed by atoms with Crippen molar-refractivity contribution in [1.29, 1.82) is 0 Å². The van der Waals surface area contributed by atoms with Gasteiger partial charge in [0.1, 0.15) is 6.54 Å². The lowest BCUT2D eigenvalue weighted by Gasteiger charge is -2.26. The number of nitrogens with one attached hydrogen (secondary N) is 1. The van der Waals surface area contributed by atoms with E-state index in [2.05, 4.69) is 17.2 Å². The number of rotatable bonds is 5. The molecule has 18 heavy (non-hydrogen) atoms. The maximum absolute atomic E-state index is 12.1. The first kappa shape index (κ1) is 13.1. The van der Waals surface area contributed by atoms with Crippen LogP contribution >= 0.6 is 0 Å². The number of amides is 1. The molecule has 2 heterocycles. The van der Waals surface area contributed by atoms with E-state index in [1.807, 2.05) is 15.7 Å². The standard InChI is InChI=1S/C13H22N4O/c1-2-14-8-12-9-16(11-15-12)10-13(18)17-6-4-3-5-7-17/h9,11,14H,2-8,10H2,1H3. The number of carbonyl (C=O) groups is 1. The lowest BCUT2D eigenvalue weighted by atomic mass is 10.1. The van der Waals surface area contributed by atoms with Gasteiger partial charge in [0, 0.05) is 25.8 Å². The number of hydrogen-bond donors (Lipinski definition) is 1. The second kappa shape index (κ2) is 6.54. The molecule has 0 spiro atoms. The van der Waals surface area contributed by atoms with Crippen molar-refractivity contribution in [2.45, 2.75) is 39.3 Å². The molecule has 0 aliphatic carbocycles. The van der Waals surface area contributed by atoms with Gasteiger partial charge in [-0.1, -0.05) is 6.92 Å². The number of hydrogen-bond acceptors (Lipinski definition) is 3. The molecule has 1 saturated heterocycles. The molecule has 0 unspecified atom stereocenters. The fourth-order valence-corrected chi connectivity index (χ4v) is 2.24. The van der Waals surface area contributed by atoms with Crippen LogP contribution in [0.15, 0.2) is 12.5 Å². The van der Waals surface area contributed by atoms with E-state index in [0.717, 1.165) is 44.7 Å². The summed E-state index contributed by atoms with van der Waals surface area (Å²) in [4.78, 5) is 18.3. The van der Waals surface area contributed by atoms with Crippen LogP contribution in [0.4, 0.5) is 0 Å². The van der Waals surface area contributed by atoms with Crippen LogP contribution in [0.1, 0.15) is 31.9 Å². The van der Waals surface area contributed by atoms with E-state index in [4.69, 9.17) is 0 Å². The van der Waals surface area contributed by atoms with Crippen molar-refractivity contribution >= 4 is 5.91 Å². The Morgan fingerprint density at radius 2 is 2.17 bits per heavy atom. The first-order valence-corrected chi connectivity index (χ1v) is 6.78. The molecular formula is C13H22N4O. The van der Waals surface area contributed by atoms with Crippen molar-refractivity contribution in [2.24, 2.45) is 0 Å². The third kappa shape index (κ3) is 3.57. The van der Waals surface area contributed by atoms with Crippen LogP contribution in [0.3, 0.4) is 0 Å². The van der Waals surface area contributed by atoms with Crippen molar-refractivity contribution in [2.75, 3.05) is 19.6 Å². The van der Waals surface area contributed by atoms with E-state index in [0.29, 0.717) is 6.54 Å². The molecule has 1 aromatic rings. The molecule has 1 aliphatic rings. The number of imidazole rings is 1. The van der Waals surface area contributed by atoms with E-state index in [1.54, 1.807) is 6.33 Å². The zero-order chi connectivity index (χ0) is 12.8. The van der Waals surface area contributed by atoms with Gasteiger partial charge < -0.3 is 14.8 Å². The Morgan fingerprint density at radius 1 is 1.39 bits per heavy atom. The Bertz CT molecular complexity index is 382. The highest BCUT2D eigenvalue weighted by Crippen LogP contribution is 2.09. The lowest BCUT2D eigenvalue weighted by molar-refractivity contribution is -0.132. The summed E-state index contributed by atoms with van der Waals surface area (Å²) >= 11 is 0. The third-order valence-corrected chi connectivity index (χ3v) is 3.27. The Kier molecular flexibility index (Phi) is 4.75. The van der Waals surface area contributed by atoms with E-state index >= 15 is 0 Å². The minimum Gasteiger partial charge on any atom is -0.341 e. The fraction of sp³-hybridized carbons (Fsp3) is 0.692. The SMILES string of the molecule is CCNCc1cn(CC(=O)N2CCCCC2)cn1. The molecule has 1 aliphatic heterocycles.